The number of fused-ring (bicyclic) bond motifs is 1. The van der Waals surface area contributed by atoms with Crippen LogP contribution in [0.4, 0.5) is 0 Å². The van der Waals surface area contributed by atoms with Crippen LogP contribution in [0.15, 0.2) is 22.7 Å². The van der Waals surface area contributed by atoms with Crippen molar-refractivity contribution in [1.29, 1.82) is 0 Å². The third kappa shape index (κ3) is 1.79. The summed E-state index contributed by atoms with van der Waals surface area (Å²) < 4.78 is 1.19. The lowest BCUT2D eigenvalue weighted by Gasteiger charge is -2.41. The predicted octanol–water partition coefficient (Wildman–Crippen LogP) is 2.45. The molecular weight excluding hydrogens is 282 g/mol. The Morgan fingerprint density at radius 3 is 2.88 bits per heavy atom. The van der Waals surface area contributed by atoms with Gasteiger partial charge in [-0.15, -0.1) is 0 Å². The van der Waals surface area contributed by atoms with Crippen LogP contribution >= 0.6 is 15.9 Å². The molecule has 1 aliphatic heterocycles. The normalized spacial score (nSPS) is 24.4. The van der Waals surface area contributed by atoms with Crippen molar-refractivity contribution < 1.29 is 9.90 Å². The first kappa shape index (κ1) is 11.2. The Labute approximate surface area is 109 Å². The van der Waals surface area contributed by atoms with Crippen LogP contribution in [0, 0.1) is 5.92 Å². The molecule has 0 spiro atoms. The molecule has 0 radical (unpaired) electrons. The van der Waals surface area contributed by atoms with E-state index in [1.165, 1.54) is 15.6 Å². The number of carbonyl (C=O) groups is 1. The lowest BCUT2D eigenvalue weighted by atomic mass is 9.95. The third-order valence-corrected chi connectivity index (χ3v) is 4.62. The summed E-state index contributed by atoms with van der Waals surface area (Å²) in [4.78, 5) is 13.1. The lowest BCUT2D eigenvalue weighted by molar-refractivity contribution is -0.148. The van der Waals surface area contributed by atoms with Gasteiger partial charge in [0.15, 0.2) is 0 Å². The summed E-state index contributed by atoms with van der Waals surface area (Å²) in [5.74, 6) is -0.820. The Kier molecular flexibility index (Phi) is 2.71. The van der Waals surface area contributed by atoms with Crippen molar-refractivity contribution in [1.82, 2.24) is 4.90 Å². The van der Waals surface area contributed by atoms with E-state index in [4.69, 9.17) is 5.11 Å². The second-order valence-corrected chi connectivity index (χ2v) is 5.71. The van der Waals surface area contributed by atoms with Gasteiger partial charge in [0.05, 0.1) is 5.92 Å². The number of hydrogen-bond acceptors (Lipinski definition) is 2. The molecule has 1 unspecified atom stereocenters. The van der Waals surface area contributed by atoms with Crippen molar-refractivity contribution in [3.05, 3.63) is 33.8 Å². The van der Waals surface area contributed by atoms with Crippen LogP contribution in [0.1, 0.15) is 23.6 Å². The minimum atomic E-state index is -0.659. The lowest BCUT2D eigenvalue weighted by Crippen LogP contribution is -2.51. The van der Waals surface area contributed by atoms with Gasteiger partial charge in [0.2, 0.25) is 0 Å². The molecule has 1 heterocycles. The number of carboxylic acids is 1. The van der Waals surface area contributed by atoms with Gasteiger partial charge in [0.1, 0.15) is 0 Å². The van der Waals surface area contributed by atoms with Crippen LogP contribution in [-0.2, 0) is 11.2 Å². The SMILES string of the molecule is O=C(O)C1CN(C2CCc3c(Br)cccc32)C1. The number of halogens is 1. The van der Waals surface area contributed by atoms with Gasteiger partial charge in [0, 0.05) is 23.6 Å². The van der Waals surface area contributed by atoms with Crippen molar-refractivity contribution in [2.75, 3.05) is 13.1 Å². The highest BCUT2D eigenvalue weighted by Gasteiger charge is 2.39. The van der Waals surface area contributed by atoms with E-state index >= 15 is 0 Å². The topological polar surface area (TPSA) is 40.5 Å². The predicted molar refractivity (Wildman–Crippen MR) is 67.9 cm³/mol. The summed E-state index contributed by atoms with van der Waals surface area (Å²) in [6.45, 7) is 1.40. The van der Waals surface area contributed by atoms with Gasteiger partial charge in [-0.05, 0) is 30.0 Å². The van der Waals surface area contributed by atoms with E-state index in [9.17, 15) is 4.79 Å². The average Bonchev–Trinajstić information content (AvgIpc) is 2.61. The fraction of sp³-hybridized carbons (Fsp3) is 0.462. The summed E-state index contributed by atoms with van der Waals surface area (Å²) in [6, 6.07) is 6.75. The van der Waals surface area contributed by atoms with Crippen LogP contribution in [0.2, 0.25) is 0 Å². The first-order valence-electron chi connectivity index (χ1n) is 5.91. The summed E-state index contributed by atoms with van der Waals surface area (Å²) >= 11 is 3.59. The van der Waals surface area contributed by atoms with Gasteiger partial charge < -0.3 is 5.11 Å². The summed E-state index contributed by atoms with van der Waals surface area (Å²) in [5, 5.41) is 8.90. The van der Waals surface area contributed by atoms with Gasteiger partial charge in [0.25, 0.3) is 0 Å². The van der Waals surface area contributed by atoms with Crippen molar-refractivity contribution in [2.24, 2.45) is 5.92 Å². The maximum Gasteiger partial charge on any atom is 0.309 e. The van der Waals surface area contributed by atoms with Crippen molar-refractivity contribution in [3.63, 3.8) is 0 Å². The van der Waals surface area contributed by atoms with Gasteiger partial charge in [-0.2, -0.15) is 0 Å². The molecule has 0 saturated carbocycles. The molecule has 3 nitrogen and oxygen atoms in total. The van der Waals surface area contributed by atoms with Crippen LogP contribution in [-0.4, -0.2) is 29.1 Å². The smallest absolute Gasteiger partial charge is 0.309 e. The van der Waals surface area contributed by atoms with Crippen molar-refractivity contribution >= 4 is 21.9 Å². The molecule has 4 heteroatoms. The average molecular weight is 296 g/mol. The molecule has 3 rings (SSSR count). The maximum absolute atomic E-state index is 10.8. The van der Waals surface area contributed by atoms with E-state index in [0.717, 1.165) is 12.8 Å². The Morgan fingerprint density at radius 2 is 2.18 bits per heavy atom. The Balaban J connectivity index is 1.77. The molecule has 0 aromatic heterocycles. The largest absolute Gasteiger partial charge is 0.481 e. The quantitative estimate of drug-likeness (QED) is 0.911. The van der Waals surface area contributed by atoms with E-state index in [1.54, 1.807) is 0 Å². The number of benzene rings is 1. The number of aliphatic carboxylic acids is 1. The number of likely N-dealkylation sites (tertiary alicyclic amines) is 1. The highest BCUT2D eigenvalue weighted by atomic mass is 79.9. The Hall–Kier alpha value is -0.870. The monoisotopic (exact) mass is 295 g/mol. The van der Waals surface area contributed by atoms with E-state index < -0.39 is 5.97 Å². The van der Waals surface area contributed by atoms with E-state index in [-0.39, 0.29) is 5.92 Å². The van der Waals surface area contributed by atoms with Gasteiger partial charge in [-0.1, -0.05) is 28.1 Å². The molecule has 1 N–H and O–H groups in total. The third-order valence-electron chi connectivity index (χ3n) is 3.88. The minimum Gasteiger partial charge on any atom is -0.481 e. The molecule has 1 saturated heterocycles. The van der Waals surface area contributed by atoms with Crippen LogP contribution in [0.25, 0.3) is 0 Å². The molecule has 1 aliphatic carbocycles. The molecule has 2 aliphatic rings. The number of nitrogens with zero attached hydrogens (tertiary/aromatic N) is 1. The van der Waals surface area contributed by atoms with Gasteiger partial charge >= 0.3 is 5.97 Å². The summed E-state index contributed by atoms with van der Waals surface area (Å²) in [7, 11) is 0. The Morgan fingerprint density at radius 1 is 1.41 bits per heavy atom. The van der Waals surface area contributed by atoms with Crippen LogP contribution < -0.4 is 0 Å². The van der Waals surface area contributed by atoms with Crippen LogP contribution in [0.3, 0.4) is 0 Å². The molecule has 1 atom stereocenters. The molecule has 0 bridgehead atoms. The van der Waals surface area contributed by atoms with E-state index in [1.807, 2.05) is 0 Å². The second kappa shape index (κ2) is 4.10. The zero-order valence-electron chi connectivity index (χ0n) is 9.40. The van der Waals surface area contributed by atoms with Gasteiger partial charge in [-0.25, -0.2) is 0 Å². The zero-order valence-corrected chi connectivity index (χ0v) is 11.0. The molecule has 90 valence electrons. The van der Waals surface area contributed by atoms with Crippen molar-refractivity contribution in [2.45, 2.75) is 18.9 Å². The summed E-state index contributed by atoms with van der Waals surface area (Å²) in [6.07, 6.45) is 2.21. The van der Waals surface area contributed by atoms with E-state index in [2.05, 4.69) is 39.0 Å². The fourth-order valence-corrected chi connectivity index (χ4v) is 3.47. The van der Waals surface area contributed by atoms with Crippen LogP contribution in [0.5, 0.6) is 0 Å². The second-order valence-electron chi connectivity index (χ2n) is 4.85. The first-order chi connectivity index (χ1) is 8.16. The minimum absolute atomic E-state index is 0.161. The van der Waals surface area contributed by atoms with E-state index in [0.29, 0.717) is 19.1 Å². The molecule has 1 aromatic carbocycles. The number of rotatable bonds is 2. The highest BCUT2D eigenvalue weighted by Crippen LogP contribution is 2.41. The standard InChI is InChI=1S/C13H14BrNO2/c14-11-3-1-2-10-9(11)4-5-12(10)15-6-8(7-15)13(16)17/h1-3,8,12H,4-7H2,(H,16,17). The maximum atomic E-state index is 10.8. The number of hydrogen-bond donors (Lipinski definition) is 1. The Bertz CT molecular complexity index is 468. The molecule has 17 heavy (non-hydrogen) atoms. The molecular formula is C13H14BrNO2. The summed E-state index contributed by atoms with van der Waals surface area (Å²) in [5.41, 5.74) is 2.78. The molecule has 1 fully saturated rings. The highest BCUT2D eigenvalue weighted by molar-refractivity contribution is 9.10. The number of carboxylic acid groups (broad SMARTS) is 1. The molecule has 0 amide bonds. The fourth-order valence-electron chi connectivity index (χ4n) is 2.89. The zero-order chi connectivity index (χ0) is 12.0. The van der Waals surface area contributed by atoms with Crippen molar-refractivity contribution in [3.8, 4) is 0 Å². The van der Waals surface area contributed by atoms with Gasteiger partial charge in [-0.3, -0.25) is 9.69 Å². The molecule has 1 aromatic rings. The first-order valence-corrected chi connectivity index (χ1v) is 6.70.